The van der Waals surface area contributed by atoms with Crippen molar-refractivity contribution in [3.8, 4) is 11.5 Å². The van der Waals surface area contributed by atoms with E-state index in [1.807, 2.05) is 30.3 Å². The number of fused-ring (bicyclic) bond motifs is 2. The summed E-state index contributed by atoms with van der Waals surface area (Å²) < 4.78 is 48.6. The Bertz CT molecular complexity index is 1190. The van der Waals surface area contributed by atoms with Gasteiger partial charge >= 0.3 is 29.6 Å². The van der Waals surface area contributed by atoms with Gasteiger partial charge in [-0.05, 0) is 35.0 Å². The molecule has 144 valence electrons. The van der Waals surface area contributed by atoms with Crippen LogP contribution in [0.15, 0.2) is 63.1 Å². The third-order valence-electron chi connectivity index (χ3n) is 3.98. The molecule has 0 saturated heterocycles. The summed E-state index contributed by atoms with van der Waals surface area (Å²) in [6, 6.07) is 13.6. The number of amides is 1. The average molecular weight is 424 g/mol. The van der Waals surface area contributed by atoms with Gasteiger partial charge in [-0.2, -0.15) is 5.10 Å². The number of nitrogens with one attached hydrogen (secondary N) is 1. The second kappa shape index (κ2) is 8.56. The molecule has 0 saturated carbocycles. The molecule has 0 fully saturated rings. The molecule has 1 atom stereocenters. The van der Waals surface area contributed by atoms with E-state index >= 15 is 0 Å². The predicted octanol–water partition coefficient (Wildman–Crippen LogP) is -1.37. The summed E-state index contributed by atoms with van der Waals surface area (Å²) in [5, 5.41) is 4.88. The summed E-state index contributed by atoms with van der Waals surface area (Å²) in [5.41, 5.74) is 2.25. The largest absolute Gasteiger partial charge is 1.00 e. The van der Waals surface area contributed by atoms with Crippen molar-refractivity contribution in [3.05, 3.63) is 54.3 Å². The van der Waals surface area contributed by atoms with Crippen molar-refractivity contribution < 1.29 is 61.2 Å². The fourth-order valence-corrected chi connectivity index (χ4v) is 3.09. The maximum Gasteiger partial charge on any atom is 1.00 e. The van der Waals surface area contributed by atoms with Gasteiger partial charge in [0.15, 0.2) is 21.6 Å². The van der Waals surface area contributed by atoms with Crippen LogP contribution in [0.4, 0.5) is 0 Å². The standard InChI is InChI=1S/C18H14N2O7S.Na/c21-18(20-19-9-13-5-6-17(26-13)28(22,23)24)16-10-25-14-7-11-3-1-2-4-12(11)8-15(14)27-16;/h1-9,16H,10H2,(H,20,21)(H,22,23,24);/q;+1/p-1. The quantitative estimate of drug-likeness (QED) is 0.237. The Kier molecular flexibility index (Phi) is 6.30. The minimum absolute atomic E-state index is 0. The number of rotatable bonds is 4. The van der Waals surface area contributed by atoms with Crippen molar-refractivity contribution in [3.63, 3.8) is 0 Å². The Morgan fingerprint density at radius 2 is 1.83 bits per heavy atom. The summed E-state index contributed by atoms with van der Waals surface area (Å²) in [6.07, 6.45) is 0.151. The molecule has 1 amide bonds. The SMILES string of the molecule is O=C(NN=Cc1ccc(S(=O)(=O)[O-])o1)C1COc2cc3ccccc3cc2O1.[Na+]. The zero-order chi connectivity index (χ0) is 19.7. The van der Waals surface area contributed by atoms with Crippen LogP contribution in [0.1, 0.15) is 5.76 Å². The molecule has 1 unspecified atom stereocenters. The van der Waals surface area contributed by atoms with Crippen LogP contribution in [0.3, 0.4) is 0 Å². The molecule has 0 aliphatic carbocycles. The molecule has 0 bridgehead atoms. The summed E-state index contributed by atoms with van der Waals surface area (Å²) >= 11 is 0. The van der Waals surface area contributed by atoms with Crippen molar-refractivity contribution in [1.29, 1.82) is 0 Å². The molecule has 1 aliphatic rings. The van der Waals surface area contributed by atoms with Gasteiger partial charge < -0.3 is 18.4 Å². The first kappa shape index (κ1) is 21.3. The maximum atomic E-state index is 12.2. The minimum Gasteiger partial charge on any atom is -0.742 e. The second-order valence-corrected chi connectivity index (χ2v) is 7.22. The van der Waals surface area contributed by atoms with Crippen LogP contribution >= 0.6 is 0 Å². The number of hydrogen-bond acceptors (Lipinski definition) is 8. The van der Waals surface area contributed by atoms with E-state index in [9.17, 15) is 17.8 Å². The number of carbonyl (C=O) groups is 1. The van der Waals surface area contributed by atoms with Gasteiger partial charge in [0.1, 0.15) is 12.4 Å². The van der Waals surface area contributed by atoms with Crippen LogP contribution in [0.5, 0.6) is 11.5 Å². The van der Waals surface area contributed by atoms with E-state index in [1.165, 1.54) is 6.07 Å². The number of furan rings is 1. The van der Waals surface area contributed by atoms with Crippen LogP contribution in [0.2, 0.25) is 0 Å². The van der Waals surface area contributed by atoms with Gasteiger partial charge in [0.05, 0.1) is 6.21 Å². The molecule has 3 aromatic rings. The van der Waals surface area contributed by atoms with E-state index in [-0.39, 0.29) is 41.9 Å². The van der Waals surface area contributed by atoms with E-state index in [0.717, 1.165) is 23.1 Å². The topological polar surface area (TPSA) is 130 Å². The van der Waals surface area contributed by atoms with E-state index in [2.05, 4.69) is 10.5 Å². The maximum absolute atomic E-state index is 12.2. The summed E-state index contributed by atoms with van der Waals surface area (Å²) in [5.74, 6) is 0.434. The van der Waals surface area contributed by atoms with Gasteiger partial charge in [-0.1, -0.05) is 24.3 Å². The van der Waals surface area contributed by atoms with Gasteiger partial charge in [-0.15, -0.1) is 0 Å². The third-order valence-corrected chi connectivity index (χ3v) is 4.69. The first-order valence-electron chi connectivity index (χ1n) is 8.11. The van der Waals surface area contributed by atoms with Gasteiger partial charge in [-0.25, -0.2) is 13.8 Å². The molecule has 0 radical (unpaired) electrons. The molecule has 9 nitrogen and oxygen atoms in total. The van der Waals surface area contributed by atoms with Crippen LogP contribution in [-0.2, 0) is 14.9 Å². The van der Waals surface area contributed by atoms with Crippen molar-refractivity contribution in [1.82, 2.24) is 5.43 Å². The third kappa shape index (κ3) is 4.80. The van der Waals surface area contributed by atoms with Gasteiger partial charge in [0, 0.05) is 0 Å². The van der Waals surface area contributed by atoms with Crippen molar-refractivity contribution in [2.45, 2.75) is 11.2 Å². The van der Waals surface area contributed by atoms with Crippen LogP contribution in [-0.4, -0.2) is 37.8 Å². The zero-order valence-electron chi connectivity index (χ0n) is 15.2. The van der Waals surface area contributed by atoms with Crippen molar-refractivity contribution in [2.24, 2.45) is 5.10 Å². The monoisotopic (exact) mass is 424 g/mol. The number of carbonyl (C=O) groups excluding carboxylic acids is 1. The summed E-state index contributed by atoms with van der Waals surface area (Å²) in [7, 11) is -4.69. The van der Waals surface area contributed by atoms with Gasteiger partial charge in [-0.3, -0.25) is 4.79 Å². The van der Waals surface area contributed by atoms with Crippen LogP contribution in [0.25, 0.3) is 10.8 Å². The molecule has 11 heteroatoms. The summed E-state index contributed by atoms with van der Waals surface area (Å²) in [4.78, 5) is 12.2. The fourth-order valence-electron chi connectivity index (χ4n) is 2.65. The molecular weight excluding hydrogens is 411 g/mol. The molecule has 4 rings (SSSR count). The van der Waals surface area contributed by atoms with Crippen molar-refractivity contribution in [2.75, 3.05) is 6.61 Å². The normalized spacial score (nSPS) is 15.8. The number of benzene rings is 2. The number of ether oxygens (including phenoxy) is 2. The molecule has 1 aliphatic heterocycles. The molecule has 1 aromatic heterocycles. The molecule has 0 spiro atoms. The van der Waals surface area contributed by atoms with Crippen LogP contribution < -0.4 is 44.5 Å². The Balaban J connectivity index is 0.00000240. The smallest absolute Gasteiger partial charge is 0.742 e. The van der Waals surface area contributed by atoms with E-state index in [1.54, 1.807) is 6.07 Å². The van der Waals surface area contributed by atoms with Gasteiger partial charge in [0.2, 0.25) is 11.2 Å². The molecule has 2 aromatic carbocycles. The Hall–Kier alpha value is -2.37. The van der Waals surface area contributed by atoms with E-state index in [4.69, 9.17) is 13.9 Å². The molecular formula is C18H13N2NaO7S. The van der Waals surface area contributed by atoms with E-state index in [0.29, 0.717) is 11.5 Å². The van der Waals surface area contributed by atoms with Crippen molar-refractivity contribution >= 4 is 33.0 Å². The molecule has 29 heavy (non-hydrogen) atoms. The number of nitrogens with zero attached hydrogens (tertiary/aromatic N) is 1. The molecule has 1 N–H and O–H groups in total. The summed E-state index contributed by atoms with van der Waals surface area (Å²) in [6.45, 7) is 0.00597. The first-order chi connectivity index (χ1) is 13.4. The first-order valence-corrected chi connectivity index (χ1v) is 9.52. The van der Waals surface area contributed by atoms with Crippen LogP contribution in [0, 0.1) is 0 Å². The zero-order valence-corrected chi connectivity index (χ0v) is 18.0. The minimum atomic E-state index is -4.69. The Morgan fingerprint density at radius 3 is 2.48 bits per heavy atom. The predicted molar refractivity (Wildman–Crippen MR) is 96.3 cm³/mol. The number of hydrazone groups is 1. The Morgan fingerprint density at radius 1 is 1.14 bits per heavy atom. The van der Waals surface area contributed by atoms with E-state index < -0.39 is 27.2 Å². The molecule has 2 heterocycles. The second-order valence-electron chi connectivity index (χ2n) is 5.91. The number of hydrogen-bond donors (Lipinski definition) is 1. The fraction of sp³-hybridized carbons (Fsp3) is 0.111. The Labute approximate surface area is 187 Å². The average Bonchev–Trinajstić information content (AvgIpc) is 3.15. The van der Waals surface area contributed by atoms with Gasteiger partial charge in [0.25, 0.3) is 5.91 Å².